The molecule has 0 saturated heterocycles. The minimum Gasteiger partial charge on any atom is -0.215 e. The van der Waals surface area contributed by atoms with Gasteiger partial charge in [0, 0.05) is 13.0 Å². The Balaban J connectivity index is 3.31. The van der Waals surface area contributed by atoms with Crippen LogP contribution in [-0.2, 0) is 10.0 Å². The van der Waals surface area contributed by atoms with E-state index in [0.717, 1.165) is 32.1 Å². The minimum atomic E-state index is -3.03. The molecule has 0 bridgehead atoms. The molecule has 0 fully saturated rings. The van der Waals surface area contributed by atoms with Gasteiger partial charge < -0.3 is 0 Å². The maximum absolute atomic E-state index is 11.3. The molecule has 0 saturated carbocycles. The Morgan fingerprint density at radius 1 is 1.12 bits per heavy atom. The molecule has 0 unspecified atom stereocenters. The zero-order valence-electron chi connectivity index (χ0n) is 10.0. The molecule has 16 heavy (non-hydrogen) atoms. The second-order valence-electron chi connectivity index (χ2n) is 3.89. The van der Waals surface area contributed by atoms with Crippen molar-refractivity contribution in [1.82, 2.24) is 4.72 Å². The van der Waals surface area contributed by atoms with Gasteiger partial charge in [0.1, 0.15) is 0 Å². The highest BCUT2D eigenvalue weighted by atomic mass is 32.2. The minimum absolute atomic E-state index is 0.217. The zero-order valence-corrected chi connectivity index (χ0v) is 10.9. The van der Waals surface area contributed by atoms with Crippen LogP contribution in [0.3, 0.4) is 0 Å². The second-order valence-corrected chi connectivity index (χ2v) is 5.82. The van der Waals surface area contributed by atoms with Crippen molar-refractivity contribution in [1.29, 1.82) is 5.26 Å². The van der Waals surface area contributed by atoms with Gasteiger partial charge in [0.05, 0.1) is 11.8 Å². The Morgan fingerprint density at radius 3 is 2.38 bits per heavy atom. The summed E-state index contributed by atoms with van der Waals surface area (Å²) < 4.78 is 25.1. The van der Waals surface area contributed by atoms with E-state index in [9.17, 15) is 8.42 Å². The van der Waals surface area contributed by atoms with E-state index in [0.29, 0.717) is 19.4 Å². The Kier molecular flexibility index (Phi) is 9.25. The molecule has 0 aliphatic heterocycles. The highest BCUT2D eigenvalue weighted by Gasteiger charge is 2.06. The molecule has 0 aromatic carbocycles. The molecule has 5 heteroatoms. The molecule has 0 aromatic heterocycles. The fourth-order valence-corrected chi connectivity index (χ4v) is 2.57. The molecule has 0 spiro atoms. The molecular weight excluding hydrogens is 224 g/mol. The van der Waals surface area contributed by atoms with Crippen molar-refractivity contribution in [2.45, 2.75) is 51.9 Å². The van der Waals surface area contributed by atoms with E-state index in [1.165, 1.54) is 0 Å². The fourth-order valence-electron chi connectivity index (χ4n) is 1.43. The van der Waals surface area contributed by atoms with Gasteiger partial charge in [-0.15, -0.1) is 0 Å². The van der Waals surface area contributed by atoms with Crippen LogP contribution in [-0.4, -0.2) is 20.7 Å². The highest BCUT2D eigenvalue weighted by molar-refractivity contribution is 7.89. The van der Waals surface area contributed by atoms with Gasteiger partial charge >= 0.3 is 0 Å². The van der Waals surface area contributed by atoms with Crippen LogP contribution in [0.4, 0.5) is 0 Å². The van der Waals surface area contributed by atoms with Crippen molar-refractivity contribution < 1.29 is 8.42 Å². The summed E-state index contributed by atoms with van der Waals surface area (Å²) in [5, 5.41) is 8.32. The quantitative estimate of drug-likeness (QED) is 0.601. The van der Waals surface area contributed by atoms with E-state index in [4.69, 9.17) is 5.26 Å². The Morgan fingerprint density at radius 2 is 1.75 bits per heavy atom. The van der Waals surface area contributed by atoms with Gasteiger partial charge in [-0.3, -0.25) is 0 Å². The van der Waals surface area contributed by atoms with Gasteiger partial charge in [0.15, 0.2) is 0 Å². The topological polar surface area (TPSA) is 70.0 Å². The third kappa shape index (κ3) is 9.94. The summed E-state index contributed by atoms with van der Waals surface area (Å²) in [7, 11) is -3.03. The monoisotopic (exact) mass is 246 g/mol. The van der Waals surface area contributed by atoms with Gasteiger partial charge in [-0.05, 0) is 19.3 Å². The number of rotatable bonds is 10. The van der Waals surface area contributed by atoms with E-state index in [1.807, 2.05) is 6.92 Å². The summed E-state index contributed by atoms with van der Waals surface area (Å²) in [5.74, 6) is 0.217. The van der Waals surface area contributed by atoms with E-state index < -0.39 is 10.0 Å². The smallest absolute Gasteiger partial charge is 0.211 e. The summed E-state index contributed by atoms with van der Waals surface area (Å²) in [5.41, 5.74) is 0. The van der Waals surface area contributed by atoms with Gasteiger partial charge in [-0.2, -0.15) is 5.26 Å². The molecule has 0 aliphatic carbocycles. The van der Waals surface area contributed by atoms with Crippen LogP contribution >= 0.6 is 0 Å². The molecule has 0 amide bonds. The first-order valence-electron chi connectivity index (χ1n) is 5.96. The van der Waals surface area contributed by atoms with Crippen LogP contribution in [0.1, 0.15) is 51.9 Å². The van der Waals surface area contributed by atoms with Crippen LogP contribution in [0.25, 0.3) is 0 Å². The first kappa shape index (κ1) is 15.4. The summed E-state index contributed by atoms with van der Waals surface area (Å²) in [6, 6.07) is 2.11. The summed E-state index contributed by atoms with van der Waals surface area (Å²) in [4.78, 5) is 0. The van der Waals surface area contributed by atoms with Crippen molar-refractivity contribution in [3.05, 3.63) is 0 Å². The van der Waals surface area contributed by atoms with Crippen molar-refractivity contribution in [2.24, 2.45) is 0 Å². The average Bonchev–Trinajstić information content (AvgIpc) is 2.22. The van der Waals surface area contributed by atoms with Crippen molar-refractivity contribution in [2.75, 3.05) is 12.3 Å². The largest absolute Gasteiger partial charge is 0.215 e. The van der Waals surface area contributed by atoms with Crippen LogP contribution < -0.4 is 4.72 Å². The Bertz CT molecular complexity index is 294. The number of unbranched alkanes of at least 4 members (excludes halogenated alkanes) is 5. The normalized spacial score (nSPS) is 11.2. The van der Waals surface area contributed by atoms with Crippen molar-refractivity contribution in [3.63, 3.8) is 0 Å². The second kappa shape index (κ2) is 9.61. The number of hydrogen-bond donors (Lipinski definition) is 1. The Hall–Kier alpha value is -0.600. The lowest BCUT2D eigenvalue weighted by Gasteiger charge is -2.04. The van der Waals surface area contributed by atoms with Gasteiger partial charge in [-0.1, -0.05) is 26.2 Å². The number of nitrogens with zero attached hydrogens (tertiary/aromatic N) is 1. The molecular formula is C11H22N2O2S. The van der Waals surface area contributed by atoms with Crippen LogP contribution in [0.2, 0.25) is 0 Å². The number of sulfonamides is 1. The highest BCUT2D eigenvalue weighted by Crippen LogP contribution is 2.04. The molecule has 0 atom stereocenters. The average molecular weight is 246 g/mol. The standard InChI is InChI=1S/C11H22N2O2S/c1-2-11-16(14,15)13-10-8-6-4-3-5-7-9-12/h13H,2-8,10-11H2,1H3. The summed E-state index contributed by atoms with van der Waals surface area (Å²) in [6.45, 7) is 2.40. The molecule has 0 rings (SSSR count). The lowest BCUT2D eigenvalue weighted by atomic mass is 10.1. The lowest BCUT2D eigenvalue weighted by molar-refractivity contribution is 0.568. The Labute approximate surface area is 99.1 Å². The summed E-state index contributed by atoms with van der Waals surface area (Å²) in [6.07, 6.45) is 6.30. The number of nitrogens with one attached hydrogen (secondary N) is 1. The maximum Gasteiger partial charge on any atom is 0.211 e. The SMILES string of the molecule is CCCS(=O)(=O)NCCCCCCCC#N. The predicted octanol–water partition coefficient (Wildman–Crippen LogP) is 2.18. The van der Waals surface area contributed by atoms with Gasteiger partial charge in [0.25, 0.3) is 0 Å². The molecule has 0 aliphatic rings. The first-order chi connectivity index (χ1) is 7.62. The van der Waals surface area contributed by atoms with E-state index in [-0.39, 0.29) is 5.75 Å². The van der Waals surface area contributed by atoms with E-state index in [1.54, 1.807) is 0 Å². The van der Waals surface area contributed by atoms with E-state index >= 15 is 0 Å². The fraction of sp³-hybridized carbons (Fsp3) is 0.909. The van der Waals surface area contributed by atoms with E-state index in [2.05, 4.69) is 10.8 Å². The molecule has 4 nitrogen and oxygen atoms in total. The third-order valence-corrected chi connectivity index (χ3v) is 3.85. The molecule has 0 radical (unpaired) electrons. The molecule has 0 heterocycles. The molecule has 94 valence electrons. The van der Waals surface area contributed by atoms with Crippen LogP contribution in [0, 0.1) is 11.3 Å². The van der Waals surface area contributed by atoms with Crippen molar-refractivity contribution >= 4 is 10.0 Å². The van der Waals surface area contributed by atoms with Gasteiger partial charge in [-0.25, -0.2) is 13.1 Å². The van der Waals surface area contributed by atoms with Crippen LogP contribution in [0.5, 0.6) is 0 Å². The van der Waals surface area contributed by atoms with Gasteiger partial charge in [0.2, 0.25) is 10.0 Å². The summed E-state index contributed by atoms with van der Waals surface area (Å²) >= 11 is 0. The zero-order chi connectivity index (χ0) is 12.3. The third-order valence-electron chi connectivity index (χ3n) is 2.26. The first-order valence-corrected chi connectivity index (χ1v) is 7.62. The predicted molar refractivity (Wildman–Crippen MR) is 65.4 cm³/mol. The van der Waals surface area contributed by atoms with Crippen LogP contribution in [0.15, 0.2) is 0 Å². The number of nitriles is 1. The lowest BCUT2D eigenvalue weighted by Crippen LogP contribution is -2.27. The molecule has 0 aromatic rings. The molecule has 1 N–H and O–H groups in total. The maximum atomic E-state index is 11.3. The van der Waals surface area contributed by atoms with Crippen molar-refractivity contribution in [3.8, 4) is 6.07 Å². The number of hydrogen-bond acceptors (Lipinski definition) is 3.